The summed E-state index contributed by atoms with van der Waals surface area (Å²) in [7, 11) is 0. The molecule has 2 amide bonds. The van der Waals surface area contributed by atoms with Crippen molar-refractivity contribution in [1.29, 1.82) is 0 Å². The van der Waals surface area contributed by atoms with E-state index in [4.69, 9.17) is 22.7 Å². The highest BCUT2D eigenvalue weighted by Gasteiger charge is 2.25. The molecular weight excluding hydrogens is 202 g/mol. The fourth-order valence-corrected chi connectivity index (χ4v) is 1.41. The van der Waals surface area contributed by atoms with Crippen LogP contribution in [0.1, 0.15) is 6.92 Å². The van der Waals surface area contributed by atoms with Crippen LogP contribution in [0.3, 0.4) is 0 Å². The lowest BCUT2D eigenvalue weighted by molar-refractivity contribution is 0.0226. The van der Waals surface area contributed by atoms with Crippen LogP contribution in [0.25, 0.3) is 0 Å². The van der Waals surface area contributed by atoms with E-state index in [1.165, 1.54) is 0 Å². The number of nitrogens with two attached hydrogens (primary N) is 1. The molecule has 0 radical (unpaired) electrons. The Hall–Kier alpha value is -0.880. The van der Waals surface area contributed by atoms with Crippen LogP contribution < -0.4 is 11.1 Å². The zero-order chi connectivity index (χ0) is 10.6. The van der Waals surface area contributed by atoms with Crippen LogP contribution in [-0.4, -0.2) is 48.3 Å². The van der Waals surface area contributed by atoms with E-state index in [0.717, 1.165) is 0 Å². The molecule has 1 atom stereocenters. The topological polar surface area (TPSA) is 67.6 Å². The molecule has 0 bridgehead atoms. The number of hydrogen-bond acceptors (Lipinski definition) is 3. The van der Waals surface area contributed by atoms with Crippen molar-refractivity contribution < 1.29 is 9.53 Å². The van der Waals surface area contributed by atoms with E-state index < -0.39 is 0 Å². The minimum Gasteiger partial charge on any atom is -0.391 e. The number of urea groups is 1. The normalized spacial score (nSPS) is 21.8. The molecule has 1 rings (SSSR count). The minimum absolute atomic E-state index is 0.0861. The molecule has 0 aromatic rings. The second kappa shape index (κ2) is 5.11. The summed E-state index contributed by atoms with van der Waals surface area (Å²) in [5, 5.41) is 2.72. The summed E-state index contributed by atoms with van der Waals surface area (Å²) in [6.07, 6.45) is -0.304. The maximum atomic E-state index is 11.4. The van der Waals surface area contributed by atoms with E-state index in [2.05, 4.69) is 5.32 Å². The highest BCUT2D eigenvalue weighted by atomic mass is 32.1. The number of rotatable bonds is 2. The molecule has 1 saturated heterocycles. The molecule has 0 aromatic carbocycles. The van der Waals surface area contributed by atoms with Gasteiger partial charge in [0.05, 0.1) is 13.2 Å². The lowest BCUT2D eigenvalue weighted by Crippen LogP contribution is -2.52. The van der Waals surface area contributed by atoms with E-state index in [1.54, 1.807) is 4.90 Å². The summed E-state index contributed by atoms with van der Waals surface area (Å²) in [5.41, 5.74) is 5.45. The van der Waals surface area contributed by atoms with Crippen molar-refractivity contribution >= 4 is 23.2 Å². The average molecular weight is 217 g/mol. The maximum absolute atomic E-state index is 11.4. The third kappa shape index (κ3) is 2.81. The van der Waals surface area contributed by atoms with Gasteiger partial charge in [-0.3, -0.25) is 0 Å². The first-order valence-electron chi connectivity index (χ1n) is 4.58. The van der Waals surface area contributed by atoms with Gasteiger partial charge in [0.2, 0.25) is 0 Å². The van der Waals surface area contributed by atoms with Crippen molar-refractivity contribution in [1.82, 2.24) is 10.2 Å². The van der Waals surface area contributed by atoms with Crippen LogP contribution in [0, 0.1) is 0 Å². The molecule has 3 N–H and O–H groups in total. The molecule has 1 aliphatic heterocycles. The molecule has 80 valence electrons. The Morgan fingerprint density at radius 3 is 3.07 bits per heavy atom. The van der Waals surface area contributed by atoms with Crippen LogP contribution in [0.2, 0.25) is 0 Å². The molecule has 0 aliphatic carbocycles. The standard InChI is InChI=1S/C8H15N3O2S/c1-2-10-8(12)11-3-4-13-6(5-11)7(9)14/h6H,2-5H2,1H3,(H2,9,14)(H,10,12). The van der Waals surface area contributed by atoms with Crippen LogP contribution in [0.4, 0.5) is 4.79 Å². The number of nitrogens with zero attached hydrogens (tertiary/aromatic N) is 1. The number of morpholine rings is 1. The highest BCUT2D eigenvalue weighted by Crippen LogP contribution is 2.05. The quantitative estimate of drug-likeness (QED) is 0.623. The summed E-state index contributed by atoms with van der Waals surface area (Å²) in [5.74, 6) is 0. The minimum atomic E-state index is -0.304. The van der Waals surface area contributed by atoms with Gasteiger partial charge in [-0.25, -0.2) is 4.79 Å². The third-order valence-corrected chi connectivity index (χ3v) is 2.26. The number of nitrogens with one attached hydrogen (secondary N) is 1. The van der Waals surface area contributed by atoms with Crippen LogP contribution >= 0.6 is 12.2 Å². The first-order chi connectivity index (χ1) is 6.65. The van der Waals surface area contributed by atoms with Crippen molar-refractivity contribution in [3.63, 3.8) is 0 Å². The van der Waals surface area contributed by atoms with Gasteiger partial charge in [-0.15, -0.1) is 0 Å². The lowest BCUT2D eigenvalue weighted by atomic mass is 10.3. The van der Waals surface area contributed by atoms with Gasteiger partial charge in [-0.2, -0.15) is 0 Å². The number of carbonyl (C=O) groups is 1. The zero-order valence-electron chi connectivity index (χ0n) is 8.16. The molecule has 14 heavy (non-hydrogen) atoms. The van der Waals surface area contributed by atoms with Crippen molar-refractivity contribution in [2.45, 2.75) is 13.0 Å². The number of carbonyl (C=O) groups excluding carboxylic acids is 1. The van der Waals surface area contributed by atoms with Crippen LogP contribution in [0.5, 0.6) is 0 Å². The molecule has 0 saturated carbocycles. The zero-order valence-corrected chi connectivity index (χ0v) is 8.97. The Morgan fingerprint density at radius 1 is 1.79 bits per heavy atom. The molecule has 1 unspecified atom stereocenters. The monoisotopic (exact) mass is 217 g/mol. The van der Waals surface area contributed by atoms with Gasteiger partial charge < -0.3 is 20.7 Å². The Bertz CT molecular complexity index is 235. The van der Waals surface area contributed by atoms with Crippen molar-refractivity contribution in [2.24, 2.45) is 5.73 Å². The van der Waals surface area contributed by atoms with E-state index in [9.17, 15) is 4.79 Å². The van der Waals surface area contributed by atoms with Crippen molar-refractivity contribution in [3.05, 3.63) is 0 Å². The van der Waals surface area contributed by atoms with Crippen molar-refractivity contribution in [3.8, 4) is 0 Å². The predicted molar refractivity (Wildman–Crippen MR) is 57.2 cm³/mol. The Balaban J connectivity index is 2.47. The summed E-state index contributed by atoms with van der Waals surface area (Å²) in [6, 6.07) is -0.0861. The molecule has 0 spiro atoms. The van der Waals surface area contributed by atoms with Crippen LogP contribution in [0.15, 0.2) is 0 Å². The average Bonchev–Trinajstić information content (AvgIpc) is 2.18. The molecule has 1 heterocycles. The Morgan fingerprint density at radius 2 is 2.50 bits per heavy atom. The SMILES string of the molecule is CCNC(=O)N1CCOC(C(N)=S)C1. The van der Waals surface area contributed by atoms with Gasteiger partial charge in [0.25, 0.3) is 0 Å². The fraction of sp³-hybridized carbons (Fsp3) is 0.750. The summed E-state index contributed by atoms with van der Waals surface area (Å²) in [4.78, 5) is 13.4. The summed E-state index contributed by atoms with van der Waals surface area (Å²) >= 11 is 4.81. The van der Waals surface area contributed by atoms with Gasteiger partial charge in [-0.05, 0) is 6.92 Å². The van der Waals surface area contributed by atoms with Gasteiger partial charge in [0.1, 0.15) is 11.1 Å². The summed E-state index contributed by atoms with van der Waals surface area (Å²) < 4.78 is 5.31. The second-order valence-corrected chi connectivity index (χ2v) is 3.51. The van der Waals surface area contributed by atoms with E-state index in [0.29, 0.717) is 31.2 Å². The van der Waals surface area contributed by atoms with Gasteiger partial charge in [0.15, 0.2) is 0 Å². The van der Waals surface area contributed by atoms with E-state index in [-0.39, 0.29) is 12.1 Å². The largest absolute Gasteiger partial charge is 0.391 e. The smallest absolute Gasteiger partial charge is 0.317 e. The van der Waals surface area contributed by atoms with E-state index in [1.807, 2.05) is 6.92 Å². The molecule has 6 heteroatoms. The van der Waals surface area contributed by atoms with Gasteiger partial charge in [0, 0.05) is 13.1 Å². The first-order valence-corrected chi connectivity index (χ1v) is 4.99. The van der Waals surface area contributed by atoms with Crippen LogP contribution in [-0.2, 0) is 4.74 Å². The van der Waals surface area contributed by atoms with Gasteiger partial charge >= 0.3 is 6.03 Å². The number of thiocarbonyl (C=S) groups is 1. The lowest BCUT2D eigenvalue weighted by Gasteiger charge is -2.32. The second-order valence-electron chi connectivity index (χ2n) is 3.04. The predicted octanol–water partition coefficient (Wildman–Crippen LogP) is -0.297. The highest BCUT2D eigenvalue weighted by molar-refractivity contribution is 7.80. The molecule has 1 fully saturated rings. The maximum Gasteiger partial charge on any atom is 0.317 e. The van der Waals surface area contributed by atoms with E-state index >= 15 is 0 Å². The molecular formula is C8H15N3O2S. The Labute approximate surface area is 88.6 Å². The van der Waals surface area contributed by atoms with Gasteiger partial charge in [-0.1, -0.05) is 12.2 Å². The Kier molecular flexibility index (Phi) is 4.09. The molecule has 1 aliphatic rings. The summed E-state index contributed by atoms with van der Waals surface area (Å²) in [6.45, 7) is 4.02. The number of hydrogen-bond donors (Lipinski definition) is 2. The first kappa shape index (κ1) is 11.2. The number of ether oxygens (including phenoxy) is 1. The fourth-order valence-electron chi connectivity index (χ4n) is 1.27. The number of amides is 2. The third-order valence-electron chi connectivity index (χ3n) is 2.00. The van der Waals surface area contributed by atoms with Crippen molar-refractivity contribution in [2.75, 3.05) is 26.2 Å². The molecule has 5 nitrogen and oxygen atoms in total. The molecule has 0 aromatic heterocycles.